The molecular weight excluding hydrogens is 278 g/mol. The maximum atomic E-state index is 13.5. The van der Waals surface area contributed by atoms with Gasteiger partial charge in [-0.2, -0.15) is 0 Å². The van der Waals surface area contributed by atoms with Crippen molar-refractivity contribution < 1.29 is 13.6 Å². The zero-order chi connectivity index (χ0) is 15.4. The SMILES string of the molecule is CN(C)c1ccnc(CNC(=O)c2ccc(F)cc2F)n1. The van der Waals surface area contributed by atoms with Crippen LogP contribution in [0.3, 0.4) is 0 Å². The van der Waals surface area contributed by atoms with Crippen LogP contribution in [0.15, 0.2) is 30.5 Å². The molecule has 2 rings (SSSR count). The molecule has 1 aromatic carbocycles. The second-order valence-electron chi connectivity index (χ2n) is 4.53. The molecule has 1 aromatic heterocycles. The van der Waals surface area contributed by atoms with Crippen LogP contribution in [-0.2, 0) is 6.54 Å². The van der Waals surface area contributed by atoms with E-state index < -0.39 is 17.5 Å². The Bertz CT molecular complexity index is 661. The molecule has 2 aromatic rings. The molecule has 0 spiro atoms. The molecule has 0 fully saturated rings. The molecular formula is C14H14F2N4O. The van der Waals surface area contributed by atoms with Crippen molar-refractivity contribution >= 4 is 11.7 Å². The topological polar surface area (TPSA) is 58.1 Å². The number of anilines is 1. The number of amides is 1. The molecule has 0 aliphatic heterocycles. The molecule has 0 saturated heterocycles. The van der Waals surface area contributed by atoms with Crippen LogP contribution in [0.5, 0.6) is 0 Å². The maximum absolute atomic E-state index is 13.5. The predicted molar refractivity (Wildman–Crippen MR) is 73.9 cm³/mol. The van der Waals surface area contributed by atoms with Gasteiger partial charge in [-0.1, -0.05) is 0 Å². The molecule has 0 bridgehead atoms. The van der Waals surface area contributed by atoms with E-state index in [0.717, 1.165) is 12.1 Å². The summed E-state index contributed by atoms with van der Waals surface area (Å²) in [5.41, 5.74) is -0.222. The third-order valence-electron chi connectivity index (χ3n) is 2.73. The Balaban J connectivity index is 2.05. The van der Waals surface area contributed by atoms with E-state index in [1.165, 1.54) is 0 Å². The van der Waals surface area contributed by atoms with Crippen LogP contribution in [0.25, 0.3) is 0 Å². The van der Waals surface area contributed by atoms with Crippen molar-refractivity contribution in [1.29, 1.82) is 0 Å². The lowest BCUT2D eigenvalue weighted by atomic mass is 10.2. The summed E-state index contributed by atoms with van der Waals surface area (Å²) in [6.07, 6.45) is 1.57. The van der Waals surface area contributed by atoms with Gasteiger partial charge in [0.25, 0.3) is 5.91 Å². The van der Waals surface area contributed by atoms with Crippen molar-refractivity contribution in [2.75, 3.05) is 19.0 Å². The van der Waals surface area contributed by atoms with Gasteiger partial charge in [0.2, 0.25) is 0 Å². The van der Waals surface area contributed by atoms with Gasteiger partial charge in [-0.25, -0.2) is 18.7 Å². The highest BCUT2D eigenvalue weighted by Crippen LogP contribution is 2.10. The fourth-order valence-electron chi connectivity index (χ4n) is 1.65. The van der Waals surface area contributed by atoms with Gasteiger partial charge in [0, 0.05) is 26.4 Å². The van der Waals surface area contributed by atoms with Crippen molar-refractivity contribution in [3.63, 3.8) is 0 Å². The molecule has 21 heavy (non-hydrogen) atoms. The van der Waals surface area contributed by atoms with E-state index in [1.807, 2.05) is 14.1 Å². The van der Waals surface area contributed by atoms with Crippen molar-refractivity contribution in [2.24, 2.45) is 0 Å². The number of rotatable bonds is 4. The van der Waals surface area contributed by atoms with Crippen LogP contribution in [0.2, 0.25) is 0 Å². The third-order valence-corrected chi connectivity index (χ3v) is 2.73. The number of hydrogen-bond donors (Lipinski definition) is 1. The number of hydrogen-bond acceptors (Lipinski definition) is 4. The largest absolute Gasteiger partial charge is 0.363 e. The fourth-order valence-corrected chi connectivity index (χ4v) is 1.65. The quantitative estimate of drug-likeness (QED) is 0.932. The maximum Gasteiger partial charge on any atom is 0.254 e. The van der Waals surface area contributed by atoms with E-state index in [2.05, 4.69) is 15.3 Å². The van der Waals surface area contributed by atoms with Crippen molar-refractivity contribution in [1.82, 2.24) is 15.3 Å². The first-order chi connectivity index (χ1) is 9.97. The molecule has 5 nitrogen and oxygen atoms in total. The number of carbonyl (C=O) groups excluding carboxylic acids is 1. The van der Waals surface area contributed by atoms with E-state index in [-0.39, 0.29) is 12.1 Å². The molecule has 0 unspecified atom stereocenters. The Labute approximate surface area is 120 Å². The summed E-state index contributed by atoms with van der Waals surface area (Å²) in [5.74, 6) is -1.19. The second-order valence-corrected chi connectivity index (χ2v) is 4.53. The average Bonchev–Trinajstić information content (AvgIpc) is 2.45. The lowest BCUT2D eigenvalue weighted by molar-refractivity contribution is 0.0945. The first-order valence-electron chi connectivity index (χ1n) is 6.20. The highest BCUT2D eigenvalue weighted by Gasteiger charge is 2.12. The molecule has 7 heteroatoms. The van der Waals surface area contributed by atoms with Gasteiger partial charge in [0.1, 0.15) is 23.3 Å². The highest BCUT2D eigenvalue weighted by molar-refractivity contribution is 5.94. The van der Waals surface area contributed by atoms with Crippen molar-refractivity contribution in [2.45, 2.75) is 6.54 Å². The number of benzene rings is 1. The minimum Gasteiger partial charge on any atom is -0.363 e. The summed E-state index contributed by atoms with van der Waals surface area (Å²) in [6.45, 7) is 0.0529. The number of carbonyl (C=O) groups is 1. The van der Waals surface area contributed by atoms with E-state index in [0.29, 0.717) is 17.7 Å². The van der Waals surface area contributed by atoms with Crippen LogP contribution >= 0.6 is 0 Å². The minimum absolute atomic E-state index is 0.0529. The lowest BCUT2D eigenvalue weighted by Crippen LogP contribution is -2.25. The molecule has 0 radical (unpaired) electrons. The zero-order valence-electron chi connectivity index (χ0n) is 11.6. The molecule has 0 aliphatic rings. The molecule has 0 atom stereocenters. The number of aromatic nitrogens is 2. The minimum atomic E-state index is -0.907. The highest BCUT2D eigenvalue weighted by atomic mass is 19.1. The summed E-state index contributed by atoms with van der Waals surface area (Å²) >= 11 is 0. The zero-order valence-corrected chi connectivity index (χ0v) is 11.6. The van der Waals surface area contributed by atoms with Crippen LogP contribution in [-0.4, -0.2) is 30.0 Å². The second kappa shape index (κ2) is 6.25. The summed E-state index contributed by atoms with van der Waals surface area (Å²) in [6, 6.07) is 4.52. The Kier molecular flexibility index (Phi) is 4.42. The van der Waals surface area contributed by atoms with Crippen LogP contribution in [0.4, 0.5) is 14.6 Å². The van der Waals surface area contributed by atoms with Gasteiger partial charge < -0.3 is 10.2 Å². The van der Waals surface area contributed by atoms with E-state index in [1.54, 1.807) is 17.2 Å². The van der Waals surface area contributed by atoms with Crippen molar-refractivity contribution in [3.05, 3.63) is 53.5 Å². The van der Waals surface area contributed by atoms with Gasteiger partial charge in [-0.15, -0.1) is 0 Å². The number of halogens is 2. The van der Waals surface area contributed by atoms with Gasteiger partial charge in [0.15, 0.2) is 0 Å². The van der Waals surface area contributed by atoms with E-state index in [4.69, 9.17) is 0 Å². The Hall–Kier alpha value is -2.57. The monoisotopic (exact) mass is 292 g/mol. The Morgan fingerprint density at radius 2 is 2.05 bits per heavy atom. The first kappa shape index (κ1) is 14.8. The summed E-state index contributed by atoms with van der Waals surface area (Å²) < 4.78 is 26.2. The molecule has 1 heterocycles. The lowest BCUT2D eigenvalue weighted by Gasteiger charge is -2.12. The third kappa shape index (κ3) is 3.71. The van der Waals surface area contributed by atoms with Crippen LogP contribution in [0, 0.1) is 11.6 Å². The molecule has 0 aliphatic carbocycles. The number of nitrogens with zero attached hydrogens (tertiary/aromatic N) is 3. The Morgan fingerprint density at radius 1 is 1.29 bits per heavy atom. The Morgan fingerprint density at radius 3 is 2.71 bits per heavy atom. The van der Waals surface area contributed by atoms with Crippen LogP contribution < -0.4 is 10.2 Å². The summed E-state index contributed by atoms with van der Waals surface area (Å²) in [5, 5.41) is 2.50. The van der Waals surface area contributed by atoms with E-state index in [9.17, 15) is 13.6 Å². The molecule has 1 amide bonds. The molecule has 1 N–H and O–H groups in total. The van der Waals surface area contributed by atoms with E-state index >= 15 is 0 Å². The average molecular weight is 292 g/mol. The summed E-state index contributed by atoms with van der Waals surface area (Å²) in [4.78, 5) is 21.9. The van der Waals surface area contributed by atoms with Gasteiger partial charge in [0.05, 0.1) is 12.1 Å². The molecule has 110 valence electrons. The summed E-state index contributed by atoms with van der Waals surface area (Å²) in [7, 11) is 3.66. The van der Waals surface area contributed by atoms with Crippen molar-refractivity contribution in [3.8, 4) is 0 Å². The fraction of sp³-hybridized carbons (Fsp3) is 0.214. The van der Waals surface area contributed by atoms with Crippen LogP contribution in [0.1, 0.15) is 16.2 Å². The van der Waals surface area contributed by atoms with Gasteiger partial charge >= 0.3 is 0 Å². The van der Waals surface area contributed by atoms with Gasteiger partial charge in [-0.05, 0) is 18.2 Å². The normalized spacial score (nSPS) is 10.3. The molecule has 0 saturated carbocycles. The predicted octanol–water partition coefficient (Wildman–Crippen LogP) is 1.75. The van der Waals surface area contributed by atoms with Gasteiger partial charge in [-0.3, -0.25) is 4.79 Å². The standard InChI is InChI=1S/C14H14F2N4O/c1-20(2)13-5-6-17-12(19-13)8-18-14(21)10-4-3-9(15)7-11(10)16/h3-7H,8H2,1-2H3,(H,18,21). The first-order valence-corrected chi connectivity index (χ1v) is 6.20. The smallest absolute Gasteiger partial charge is 0.254 e. The number of nitrogens with one attached hydrogen (secondary N) is 1.